The topological polar surface area (TPSA) is 111 Å². The fourth-order valence-corrected chi connectivity index (χ4v) is 2.04. The average molecular weight is 297 g/mol. The molecule has 0 amide bonds. The van der Waals surface area contributed by atoms with Gasteiger partial charge in [0.15, 0.2) is 0 Å². The first kappa shape index (κ1) is 15.6. The van der Waals surface area contributed by atoms with Crippen LogP contribution in [-0.2, 0) is 0 Å². The highest BCUT2D eigenvalue weighted by molar-refractivity contribution is 5.74. The van der Waals surface area contributed by atoms with Crippen LogP contribution in [0.25, 0.3) is 11.3 Å². The van der Waals surface area contributed by atoms with Crippen LogP contribution in [0.4, 0.5) is 11.8 Å². The third kappa shape index (κ3) is 3.26. The molecule has 2 aromatic rings. The van der Waals surface area contributed by atoms with Crippen molar-refractivity contribution < 1.29 is 4.74 Å². The predicted molar refractivity (Wildman–Crippen MR) is 86.1 cm³/mol. The minimum absolute atomic E-state index is 0.0422. The number of aryl methyl sites for hydroxylation is 1. The van der Waals surface area contributed by atoms with E-state index in [1.54, 1.807) is 0 Å². The fraction of sp³-hybridized carbons (Fsp3) is 0.312. The van der Waals surface area contributed by atoms with Gasteiger partial charge < -0.3 is 16.2 Å². The highest BCUT2D eigenvalue weighted by atomic mass is 16.5. The van der Waals surface area contributed by atoms with Gasteiger partial charge in [-0.2, -0.15) is 10.2 Å². The Bertz CT molecular complexity index is 721. The summed E-state index contributed by atoms with van der Waals surface area (Å²) in [5.74, 6) is 0.894. The number of hydrogen-bond donors (Lipinski definition) is 2. The Morgan fingerprint density at radius 2 is 2.05 bits per heavy atom. The van der Waals surface area contributed by atoms with E-state index in [0.717, 1.165) is 29.7 Å². The molecule has 0 atom stereocenters. The van der Waals surface area contributed by atoms with Crippen LogP contribution < -0.4 is 16.2 Å². The lowest BCUT2D eigenvalue weighted by Crippen LogP contribution is -2.05. The number of nitriles is 1. The van der Waals surface area contributed by atoms with Crippen LogP contribution >= 0.6 is 0 Å². The van der Waals surface area contributed by atoms with Gasteiger partial charge in [-0.25, -0.2) is 4.98 Å². The summed E-state index contributed by atoms with van der Waals surface area (Å²) in [4.78, 5) is 7.97. The maximum absolute atomic E-state index is 9.27. The Balaban J connectivity index is 2.46. The molecule has 1 heterocycles. The minimum atomic E-state index is 0.0422. The number of anilines is 2. The van der Waals surface area contributed by atoms with Gasteiger partial charge in [-0.1, -0.05) is 25.5 Å². The molecule has 0 spiro atoms. The normalized spacial score (nSPS) is 10.2. The van der Waals surface area contributed by atoms with Crippen molar-refractivity contribution in [1.29, 1.82) is 5.26 Å². The Hall–Kier alpha value is -2.81. The van der Waals surface area contributed by atoms with Crippen molar-refractivity contribution in [3.05, 3.63) is 29.3 Å². The van der Waals surface area contributed by atoms with Gasteiger partial charge in [0.05, 0.1) is 12.3 Å². The summed E-state index contributed by atoms with van der Waals surface area (Å²) in [5.41, 5.74) is 13.8. The van der Waals surface area contributed by atoms with Gasteiger partial charge in [-0.3, -0.25) is 0 Å². The van der Waals surface area contributed by atoms with E-state index in [1.165, 1.54) is 0 Å². The second kappa shape index (κ2) is 6.76. The van der Waals surface area contributed by atoms with Crippen molar-refractivity contribution in [3.63, 3.8) is 0 Å². The highest BCUT2D eigenvalue weighted by Crippen LogP contribution is 2.30. The number of benzene rings is 1. The van der Waals surface area contributed by atoms with Crippen LogP contribution in [0, 0.1) is 18.3 Å². The SMILES string of the molecule is CCCCOc1cc(-c2nc(N)nc(N)c2C#N)ccc1C. The van der Waals surface area contributed by atoms with E-state index < -0.39 is 0 Å². The largest absolute Gasteiger partial charge is 0.493 e. The van der Waals surface area contributed by atoms with E-state index in [-0.39, 0.29) is 17.3 Å². The van der Waals surface area contributed by atoms with Gasteiger partial charge in [-0.05, 0) is 25.0 Å². The summed E-state index contributed by atoms with van der Waals surface area (Å²) in [5, 5.41) is 9.27. The van der Waals surface area contributed by atoms with Crippen LogP contribution in [0.5, 0.6) is 5.75 Å². The van der Waals surface area contributed by atoms with Gasteiger partial charge in [0.2, 0.25) is 5.95 Å². The fourth-order valence-electron chi connectivity index (χ4n) is 2.04. The lowest BCUT2D eigenvalue weighted by atomic mass is 10.0. The summed E-state index contributed by atoms with van der Waals surface area (Å²) >= 11 is 0. The summed E-state index contributed by atoms with van der Waals surface area (Å²) in [6.07, 6.45) is 2.05. The number of nitrogens with zero attached hydrogens (tertiary/aromatic N) is 3. The van der Waals surface area contributed by atoms with Crippen molar-refractivity contribution >= 4 is 11.8 Å². The molecule has 1 aromatic heterocycles. The molecular weight excluding hydrogens is 278 g/mol. The van der Waals surface area contributed by atoms with Gasteiger partial charge >= 0.3 is 0 Å². The van der Waals surface area contributed by atoms with E-state index in [0.29, 0.717) is 12.3 Å². The summed E-state index contributed by atoms with van der Waals surface area (Å²) in [6, 6.07) is 7.67. The first-order valence-corrected chi connectivity index (χ1v) is 7.13. The number of nitrogens with two attached hydrogens (primary N) is 2. The molecular formula is C16H19N5O. The molecule has 0 fully saturated rings. The molecule has 6 nitrogen and oxygen atoms in total. The Kier molecular flexibility index (Phi) is 4.79. The summed E-state index contributed by atoms with van der Waals surface area (Å²) < 4.78 is 5.78. The zero-order chi connectivity index (χ0) is 16.1. The van der Waals surface area contributed by atoms with Crippen LogP contribution in [0.1, 0.15) is 30.9 Å². The van der Waals surface area contributed by atoms with E-state index in [4.69, 9.17) is 16.2 Å². The first-order chi connectivity index (χ1) is 10.6. The molecule has 22 heavy (non-hydrogen) atoms. The van der Waals surface area contributed by atoms with Gasteiger partial charge in [0, 0.05) is 5.56 Å². The van der Waals surface area contributed by atoms with Crippen molar-refractivity contribution in [2.75, 3.05) is 18.1 Å². The molecule has 0 saturated heterocycles. The number of rotatable bonds is 5. The molecule has 0 saturated carbocycles. The zero-order valence-corrected chi connectivity index (χ0v) is 12.8. The molecule has 0 aliphatic heterocycles. The third-order valence-electron chi connectivity index (χ3n) is 3.28. The van der Waals surface area contributed by atoms with E-state index in [9.17, 15) is 5.26 Å². The predicted octanol–water partition coefficient (Wildman–Crippen LogP) is 2.67. The molecule has 1 aromatic carbocycles. The molecule has 4 N–H and O–H groups in total. The van der Waals surface area contributed by atoms with Gasteiger partial charge in [-0.15, -0.1) is 0 Å². The molecule has 6 heteroatoms. The minimum Gasteiger partial charge on any atom is -0.493 e. The zero-order valence-electron chi connectivity index (χ0n) is 12.8. The third-order valence-corrected chi connectivity index (χ3v) is 3.28. The number of nitrogen functional groups attached to an aromatic ring is 2. The number of ether oxygens (including phenoxy) is 1. The monoisotopic (exact) mass is 297 g/mol. The summed E-state index contributed by atoms with van der Waals surface area (Å²) in [6.45, 7) is 4.73. The molecule has 0 aliphatic rings. The molecule has 0 bridgehead atoms. The second-order valence-corrected chi connectivity index (χ2v) is 4.98. The Morgan fingerprint density at radius 3 is 2.73 bits per heavy atom. The molecule has 0 radical (unpaired) electrons. The maximum atomic E-state index is 9.27. The average Bonchev–Trinajstić information content (AvgIpc) is 2.48. The van der Waals surface area contributed by atoms with Crippen molar-refractivity contribution in [2.24, 2.45) is 0 Å². The van der Waals surface area contributed by atoms with Gasteiger partial charge in [0.1, 0.15) is 23.2 Å². The standard InChI is InChI=1S/C16H19N5O/c1-3-4-7-22-13-8-11(6-5-10(13)2)14-12(9-17)15(18)21-16(19)20-14/h5-6,8H,3-4,7H2,1-2H3,(H4,18,19,20,21). The lowest BCUT2D eigenvalue weighted by Gasteiger charge is -2.12. The quantitative estimate of drug-likeness (QED) is 0.821. The highest BCUT2D eigenvalue weighted by Gasteiger charge is 2.14. The molecule has 2 rings (SSSR count). The van der Waals surface area contributed by atoms with Crippen LogP contribution in [0.2, 0.25) is 0 Å². The van der Waals surface area contributed by atoms with Gasteiger partial charge in [0.25, 0.3) is 0 Å². The van der Waals surface area contributed by atoms with Crippen molar-refractivity contribution in [2.45, 2.75) is 26.7 Å². The second-order valence-electron chi connectivity index (χ2n) is 4.98. The maximum Gasteiger partial charge on any atom is 0.222 e. The number of aromatic nitrogens is 2. The van der Waals surface area contributed by atoms with Crippen LogP contribution in [-0.4, -0.2) is 16.6 Å². The lowest BCUT2D eigenvalue weighted by molar-refractivity contribution is 0.307. The molecule has 114 valence electrons. The van der Waals surface area contributed by atoms with E-state index >= 15 is 0 Å². The number of hydrogen-bond acceptors (Lipinski definition) is 6. The van der Waals surface area contributed by atoms with Crippen LogP contribution in [0.3, 0.4) is 0 Å². The van der Waals surface area contributed by atoms with Crippen LogP contribution in [0.15, 0.2) is 18.2 Å². The molecule has 0 unspecified atom stereocenters. The summed E-state index contributed by atoms with van der Waals surface area (Å²) in [7, 11) is 0. The van der Waals surface area contributed by atoms with E-state index in [2.05, 4.69) is 16.9 Å². The van der Waals surface area contributed by atoms with Crippen molar-refractivity contribution in [3.8, 4) is 23.1 Å². The Morgan fingerprint density at radius 1 is 1.27 bits per heavy atom. The van der Waals surface area contributed by atoms with E-state index in [1.807, 2.05) is 31.2 Å². The smallest absolute Gasteiger partial charge is 0.222 e. The van der Waals surface area contributed by atoms with Crippen molar-refractivity contribution in [1.82, 2.24) is 9.97 Å². The number of unbranched alkanes of at least 4 members (excludes halogenated alkanes) is 1. The first-order valence-electron chi connectivity index (χ1n) is 7.13. The Labute approximate surface area is 129 Å². The molecule has 0 aliphatic carbocycles.